The fourth-order valence-electron chi connectivity index (χ4n) is 1.64. The van der Waals surface area contributed by atoms with E-state index in [1.165, 1.54) is 0 Å². The van der Waals surface area contributed by atoms with Crippen LogP contribution in [0.5, 0.6) is 0 Å². The van der Waals surface area contributed by atoms with Gasteiger partial charge in [0.25, 0.3) is 0 Å². The molecule has 1 rings (SSSR count). The van der Waals surface area contributed by atoms with Crippen LogP contribution < -0.4 is 0 Å². The van der Waals surface area contributed by atoms with Crippen molar-refractivity contribution in [1.82, 2.24) is 0 Å². The minimum atomic E-state index is -0.149. The first kappa shape index (κ1) is 13.4. The Labute approximate surface area is 97.8 Å². The highest BCUT2D eigenvalue weighted by Crippen LogP contribution is 2.11. The summed E-state index contributed by atoms with van der Waals surface area (Å²) in [6, 6.07) is 0. The minimum absolute atomic E-state index is 0.149. The van der Waals surface area contributed by atoms with Crippen LogP contribution in [0.25, 0.3) is 0 Å². The maximum atomic E-state index is 11.5. The zero-order valence-electron chi connectivity index (χ0n) is 10.1. The van der Waals surface area contributed by atoms with E-state index >= 15 is 0 Å². The van der Waals surface area contributed by atoms with Crippen LogP contribution in [-0.4, -0.2) is 25.3 Å². The average Bonchev–Trinajstić information content (AvgIpc) is 2.33. The zero-order chi connectivity index (χ0) is 11.6. The van der Waals surface area contributed by atoms with E-state index in [9.17, 15) is 4.79 Å². The normalized spacial score (nSPS) is 18.1. The van der Waals surface area contributed by atoms with E-state index in [0.29, 0.717) is 25.0 Å². The van der Waals surface area contributed by atoms with Crippen molar-refractivity contribution in [3.63, 3.8) is 0 Å². The van der Waals surface area contributed by atoms with Crippen molar-refractivity contribution in [2.24, 2.45) is 0 Å². The van der Waals surface area contributed by atoms with E-state index < -0.39 is 0 Å². The van der Waals surface area contributed by atoms with Gasteiger partial charge in [0, 0.05) is 19.3 Å². The Bertz CT molecular complexity index is 217. The minimum Gasteiger partial charge on any atom is -0.353 e. The second-order valence-electron chi connectivity index (χ2n) is 4.02. The van der Waals surface area contributed by atoms with Gasteiger partial charge < -0.3 is 9.47 Å². The van der Waals surface area contributed by atoms with Crippen molar-refractivity contribution < 1.29 is 14.3 Å². The first-order valence-electron chi connectivity index (χ1n) is 6.23. The van der Waals surface area contributed by atoms with Crippen LogP contribution in [0.4, 0.5) is 0 Å². The van der Waals surface area contributed by atoms with Crippen LogP contribution in [-0.2, 0) is 14.3 Å². The lowest BCUT2D eigenvalue weighted by Gasteiger charge is -2.22. The van der Waals surface area contributed by atoms with Crippen molar-refractivity contribution in [1.29, 1.82) is 0 Å². The van der Waals surface area contributed by atoms with Crippen LogP contribution in [0, 0.1) is 0 Å². The number of ether oxygens (including phenoxy) is 2. The molecule has 3 nitrogen and oxygen atoms in total. The van der Waals surface area contributed by atoms with Crippen molar-refractivity contribution in [2.45, 2.75) is 51.7 Å². The predicted molar refractivity (Wildman–Crippen MR) is 63.2 cm³/mol. The summed E-state index contributed by atoms with van der Waals surface area (Å²) in [6.45, 7) is 3.62. The van der Waals surface area contributed by atoms with Crippen molar-refractivity contribution in [2.75, 3.05) is 13.2 Å². The molecule has 0 spiro atoms. The Hall–Kier alpha value is -0.670. The summed E-state index contributed by atoms with van der Waals surface area (Å²) in [5, 5.41) is 0. The third-order valence-electron chi connectivity index (χ3n) is 2.55. The number of carbonyl (C=O) groups excluding carboxylic acids is 1. The third-order valence-corrected chi connectivity index (χ3v) is 2.55. The fraction of sp³-hybridized carbons (Fsp3) is 0.769. The summed E-state index contributed by atoms with van der Waals surface area (Å²) >= 11 is 0. The maximum Gasteiger partial charge on any atom is 0.157 e. The van der Waals surface area contributed by atoms with Gasteiger partial charge in [-0.05, 0) is 19.3 Å². The summed E-state index contributed by atoms with van der Waals surface area (Å²) in [5.74, 6) is 0.304. The van der Waals surface area contributed by atoms with E-state index in [1.54, 1.807) is 0 Å². The molecule has 0 N–H and O–H groups in total. The lowest BCUT2D eigenvalue weighted by atomic mass is 10.1. The standard InChI is InChI=1S/C13H22O3/c1-2-3-4-5-7-12(14)8-9-13-15-10-6-11-16-13/h3-4,13H,2,5-11H2,1H3/b4-3-. The predicted octanol–water partition coefficient (Wildman–Crippen LogP) is 2.85. The molecule has 0 saturated carbocycles. The first-order chi connectivity index (χ1) is 7.83. The average molecular weight is 226 g/mol. The molecule has 1 saturated heterocycles. The Morgan fingerprint density at radius 2 is 2.00 bits per heavy atom. The first-order valence-corrected chi connectivity index (χ1v) is 6.23. The van der Waals surface area contributed by atoms with Crippen LogP contribution in [0.15, 0.2) is 12.2 Å². The van der Waals surface area contributed by atoms with Gasteiger partial charge in [0.15, 0.2) is 6.29 Å². The second kappa shape index (κ2) is 8.48. The van der Waals surface area contributed by atoms with Gasteiger partial charge in [0.05, 0.1) is 13.2 Å². The summed E-state index contributed by atoms with van der Waals surface area (Å²) in [7, 11) is 0. The molecule has 1 aliphatic rings. The van der Waals surface area contributed by atoms with Gasteiger partial charge in [0.2, 0.25) is 0 Å². The second-order valence-corrected chi connectivity index (χ2v) is 4.02. The number of allylic oxidation sites excluding steroid dienone is 2. The van der Waals surface area contributed by atoms with Gasteiger partial charge in [-0.25, -0.2) is 0 Å². The smallest absolute Gasteiger partial charge is 0.157 e. The molecule has 0 aromatic rings. The number of hydrogen-bond acceptors (Lipinski definition) is 3. The molecule has 0 atom stereocenters. The van der Waals surface area contributed by atoms with Crippen molar-refractivity contribution in [3.8, 4) is 0 Å². The molecule has 1 aliphatic heterocycles. The monoisotopic (exact) mass is 226 g/mol. The lowest BCUT2D eigenvalue weighted by molar-refractivity contribution is -0.182. The zero-order valence-corrected chi connectivity index (χ0v) is 10.1. The summed E-state index contributed by atoms with van der Waals surface area (Å²) < 4.78 is 10.8. The quantitative estimate of drug-likeness (QED) is 0.626. The molecule has 0 aromatic carbocycles. The molecule has 0 radical (unpaired) electrons. The molecular weight excluding hydrogens is 204 g/mol. The van der Waals surface area contributed by atoms with E-state index in [4.69, 9.17) is 9.47 Å². The summed E-state index contributed by atoms with van der Waals surface area (Å²) in [6.07, 6.45) is 8.81. The van der Waals surface area contributed by atoms with E-state index in [2.05, 4.69) is 19.1 Å². The molecule has 0 aromatic heterocycles. The Balaban J connectivity index is 2.02. The van der Waals surface area contributed by atoms with Crippen LogP contribution >= 0.6 is 0 Å². The highest BCUT2D eigenvalue weighted by atomic mass is 16.7. The maximum absolute atomic E-state index is 11.5. The van der Waals surface area contributed by atoms with Gasteiger partial charge >= 0.3 is 0 Å². The van der Waals surface area contributed by atoms with Crippen LogP contribution in [0.1, 0.15) is 45.4 Å². The molecule has 3 heteroatoms. The Morgan fingerprint density at radius 3 is 2.69 bits per heavy atom. The number of hydrogen-bond donors (Lipinski definition) is 0. The largest absolute Gasteiger partial charge is 0.353 e. The fourth-order valence-corrected chi connectivity index (χ4v) is 1.64. The molecular formula is C13H22O3. The summed E-state index contributed by atoms with van der Waals surface area (Å²) in [5.41, 5.74) is 0. The molecule has 0 unspecified atom stereocenters. The van der Waals surface area contributed by atoms with Gasteiger partial charge in [-0.3, -0.25) is 4.79 Å². The Morgan fingerprint density at radius 1 is 1.25 bits per heavy atom. The third kappa shape index (κ3) is 6.03. The number of carbonyl (C=O) groups is 1. The molecule has 0 bridgehead atoms. The van der Waals surface area contributed by atoms with E-state index in [0.717, 1.165) is 32.5 Å². The molecule has 16 heavy (non-hydrogen) atoms. The molecule has 0 aliphatic carbocycles. The summed E-state index contributed by atoms with van der Waals surface area (Å²) in [4.78, 5) is 11.5. The Kier molecular flexibility index (Phi) is 7.10. The number of rotatable bonds is 7. The molecule has 1 heterocycles. The van der Waals surface area contributed by atoms with Crippen molar-refractivity contribution in [3.05, 3.63) is 12.2 Å². The SMILES string of the molecule is CC/C=C\CCC(=O)CCC1OCCCO1. The number of Topliss-reactive ketones (excluding diaryl/α,β-unsaturated/α-hetero) is 1. The van der Waals surface area contributed by atoms with Crippen LogP contribution in [0.2, 0.25) is 0 Å². The van der Waals surface area contributed by atoms with Gasteiger partial charge in [-0.1, -0.05) is 19.1 Å². The van der Waals surface area contributed by atoms with E-state index in [-0.39, 0.29) is 6.29 Å². The van der Waals surface area contributed by atoms with Gasteiger partial charge in [-0.2, -0.15) is 0 Å². The van der Waals surface area contributed by atoms with Gasteiger partial charge in [-0.15, -0.1) is 0 Å². The highest BCUT2D eigenvalue weighted by molar-refractivity contribution is 5.78. The van der Waals surface area contributed by atoms with Crippen LogP contribution in [0.3, 0.4) is 0 Å². The topological polar surface area (TPSA) is 35.5 Å². The highest BCUT2D eigenvalue weighted by Gasteiger charge is 2.15. The van der Waals surface area contributed by atoms with E-state index in [1.807, 2.05) is 0 Å². The van der Waals surface area contributed by atoms with Crippen molar-refractivity contribution >= 4 is 5.78 Å². The lowest BCUT2D eigenvalue weighted by Crippen LogP contribution is -2.25. The molecule has 92 valence electrons. The molecule has 1 fully saturated rings. The van der Waals surface area contributed by atoms with Gasteiger partial charge in [0.1, 0.15) is 5.78 Å². The molecule has 0 amide bonds. The number of ketones is 1.